The Morgan fingerprint density at radius 2 is 1.59 bits per heavy atom. The van der Waals surface area contributed by atoms with Gasteiger partial charge in [0.2, 0.25) is 11.8 Å². The first-order chi connectivity index (χ1) is 21.8. The molecule has 6 heterocycles. The van der Waals surface area contributed by atoms with Crippen LogP contribution in [0.1, 0.15) is 35.5 Å². The van der Waals surface area contributed by atoms with Crippen LogP contribution in [-0.2, 0) is 15.7 Å². The van der Waals surface area contributed by atoms with E-state index in [4.69, 9.17) is 33.5 Å². The number of nitrogens with one attached hydrogen (secondary N) is 1. The van der Waals surface area contributed by atoms with Crippen LogP contribution in [0.2, 0.25) is 0 Å². The summed E-state index contributed by atoms with van der Waals surface area (Å²) in [5.41, 5.74) is 2.10. The molecule has 0 bridgehead atoms. The molecule has 0 radical (unpaired) electrons. The quantitative estimate of drug-likeness (QED) is 0.258. The number of aromatic amines is 1. The van der Waals surface area contributed by atoms with Crippen LogP contribution in [0.5, 0.6) is 0 Å². The number of morpholine rings is 1. The predicted molar refractivity (Wildman–Crippen MR) is 166 cm³/mol. The van der Waals surface area contributed by atoms with E-state index in [-0.39, 0.29) is 0 Å². The maximum absolute atomic E-state index is 6.77. The van der Waals surface area contributed by atoms with Crippen molar-refractivity contribution in [2.75, 3.05) is 32.8 Å². The number of rotatable bonds is 5. The molecule has 0 spiro atoms. The van der Waals surface area contributed by atoms with Crippen molar-refractivity contribution in [2.24, 2.45) is 0 Å². The highest BCUT2D eigenvalue weighted by Gasteiger charge is 2.70. The van der Waals surface area contributed by atoms with Crippen molar-refractivity contribution in [1.29, 1.82) is 0 Å². The summed E-state index contributed by atoms with van der Waals surface area (Å²) in [6, 6.07) is 24.3. The van der Waals surface area contributed by atoms with Gasteiger partial charge in [-0.1, -0.05) is 36.4 Å². The van der Waals surface area contributed by atoms with Crippen molar-refractivity contribution in [3.8, 4) is 0 Å². The van der Waals surface area contributed by atoms with Crippen LogP contribution in [0.25, 0.3) is 32.3 Å². The molecule has 3 aromatic carbocycles. The average molecular weight is 604 g/mol. The molecule has 4 aromatic heterocycles. The fourth-order valence-electron chi connectivity index (χ4n) is 7.19. The van der Waals surface area contributed by atoms with Gasteiger partial charge in [0.15, 0.2) is 16.5 Å². The van der Waals surface area contributed by atoms with Gasteiger partial charge in [0.1, 0.15) is 22.6 Å². The SMILES string of the molecule is c1ccc2[nH]c(C3(c4nc5ccccc5s4)N(N4CCOCC4)CCCC3(c3ncco3)c3nc4ccccc4o3)nc2c1. The number of nitrogens with zero attached hydrogens (tertiary/aromatic N) is 6. The number of imidazole rings is 1. The van der Waals surface area contributed by atoms with Gasteiger partial charge >= 0.3 is 0 Å². The molecule has 0 amide bonds. The predicted octanol–water partition coefficient (Wildman–Crippen LogP) is 5.87. The average Bonchev–Trinajstić information content (AvgIpc) is 3.89. The van der Waals surface area contributed by atoms with E-state index in [2.05, 4.69) is 39.3 Å². The third-order valence-electron chi connectivity index (χ3n) is 9.05. The van der Waals surface area contributed by atoms with E-state index < -0.39 is 11.0 Å². The molecule has 220 valence electrons. The summed E-state index contributed by atoms with van der Waals surface area (Å²) in [5.74, 6) is 1.78. The van der Waals surface area contributed by atoms with Crippen LogP contribution >= 0.6 is 11.3 Å². The summed E-state index contributed by atoms with van der Waals surface area (Å²) in [5, 5.41) is 5.69. The number of ether oxygens (including phenoxy) is 1. The second kappa shape index (κ2) is 10.1. The Balaban J connectivity index is 1.46. The summed E-state index contributed by atoms with van der Waals surface area (Å²) in [6.07, 6.45) is 4.82. The monoisotopic (exact) mass is 603 g/mol. The summed E-state index contributed by atoms with van der Waals surface area (Å²) in [6.45, 7) is 3.46. The summed E-state index contributed by atoms with van der Waals surface area (Å²) < 4.78 is 20.1. The molecule has 10 nitrogen and oxygen atoms in total. The Bertz CT molecular complexity index is 1920. The van der Waals surface area contributed by atoms with Gasteiger partial charge in [-0.25, -0.2) is 30.0 Å². The molecular formula is C33H29N7O3S. The fourth-order valence-corrected chi connectivity index (χ4v) is 8.43. The molecule has 11 heteroatoms. The number of piperidine rings is 1. The lowest BCUT2D eigenvalue weighted by atomic mass is 9.62. The van der Waals surface area contributed by atoms with Gasteiger partial charge in [-0.3, -0.25) is 0 Å². The van der Waals surface area contributed by atoms with Gasteiger partial charge in [-0.15, -0.1) is 11.3 Å². The van der Waals surface area contributed by atoms with Crippen molar-refractivity contribution in [2.45, 2.75) is 23.8 Å². The molecule has 2 atom stereocenters. The zero-order valence-electron chi connectivity index (χ0n) is 23.8. The number of hydrogen-bond acceptors (Lipinski definition) is 10. The van der Waals surface area contributed by atoms with Gasteiger partial charge in [-0.2, -0.15) is 0 Å². The van der Waals surface area contributed by atoms with Gasteiger partial charge in [0, 0.05) is 19.6 Å². The Morgan fingerprint density at radius 3 is 2.39 bits per heavy atom. The number of benzene rings is 3. The molecule has 2 aliphatic rings. The lowest BCUT2D eigenvalue weighted by Gasteiger charge is -2.57. The number of fused-ring (bicyclic) bond motifs is 3. The second-order valence-electron chi connectivity index (χ2n) is 11.3. The molecule has 0 aliphatic carbocycles. The molecule has 9 rings (SSSR count). The number of para-hydroxylation sites is 5. The lowest BCUT2D eigenvalue weighted by Crippen LogP contribution is -2.70. The summed E-state index contributed by atoms with van der Waals surface area (Å²) >= 11 is 1.67. The van der Waals surface area contributed by atoms with Crippen LogP contribution in [-0.4, -0.2) is 67.8 Å². The topological polar surface area (TPSA) is 109 Å². The van der Waals surface area contributed by atoms with Gasteiger partial charge in [0.05, 0.1) is 40.7 Å². The molecule has 1 N–H and O–H groups in total. The van der Waals surface area contributed by atoms with Crippen LogP contribution < -0.4 is 0 Å². The number of H-pyrrole nitrogens is 1. The molecule has 2 unspecified atom stereocenters. The van der Waals surface area contributed by atoms with E-state index in [1.54, 1.807) is 23.8 Å². The van der Waals surface area contributed by atoms with Gasteiger partial charge in [-0.05, 0) is 49.2 Å². The van der Waals surface area contributed by atoms with E-state index in [1.165, 1.54) is 0 Å². The van der Waals surface area contributed by atoms with Gasteiger partial charge in [0.25, 0.3) is 0 Å². The zero-order valence-corrected chi connectivity index (χ0v) is 24.7. The van der Waals surface area contributed by atoms with Crippen molar-refractivity contribution in [1.82, 2.24) is 34.9 Å². The van der Waals surface area contributed by atoms with E-state index >= 15 is 0 Å². The van der Waals surface area contributed by atoms with E-state index in [1.807, 2.05) is 48.5 Å². The zero-order chi connectivity index (χ0) is 29.1. The molecule has 44 heavy (non-hydrogen) atoms. The number of hydrazine groups is 1. The van der Waals surface area contributed by atoms with Crippen molar-refractivity contribution < 1.29 is 13.6 Å². The van der Waals surface area contributed by atoms with Crippen LogP contribution in [0.4, 0.5) is 0 Å². The lowest BCUT2D eigenvalue weighted by molar-refractivity contribution is -0.180. The molecule has 2 aliphatic heterocycles. The Hall–Kier alpha value is -4.42. The highest BCUT2D eigenvalue weighted by atomic mass is 32.1. The first-order valence-corrected chi connectivity index (χ1v) is 15.8. The number of aromatic nitrogens is 5. The van der Waals surface area contributed by atoms with Crippen LogP contribution in [0.3, 0.4) is 0 Å². The molecule has 7 aromatic rings. The molecule has 0 saturated carbocycles. The normalized spacial score (nSPS) is 23.6. The Kier molecular flexibility index (Phi) is 5.95. The highest BCUT2D eigenvalue weighted by molar-refractivity contribution is 7.18. The van der Waals surface area contributed by atoms with Crippen LogP contribution in [0.15, 0.2) is 94.1 Å². The minimum absolute atomic E-state index is 0.515. The minimum atomic E-state index is -1.07. The van der Waals surface area contributed by atoms with Crippen molar-refractivity contribution >= 4 is 43.7 Å². The maximum atomic E-state index is 6.77. The van der Waals surface area contributed by atoms with E-state index in [0.29, 0.717) is 37.0 Å². The number of thiazole rings is 1. The first-order valence-electron chi connectivity index (χ1n) is 14.9. The smallest absolute Gasteiger partial charge is 0.214 e. The molecular weight excluding hydrogens is 574 g/mol. The Labute approximate surface area is 256 Å². The van der Waals surface area contributed by atoms with E-state index in [9.17, 15) is 0 Å². The van der Waals surface area contributed by atoms with Gasteiger partial charge < -0.3 is 18.6 Å². The number of oxazole rings is 2. The largest absolute Gasteiger partial charge is 0.448 e. The minimum Gasteiger partial charge on any atom is -0.448 e. The second-order valence-corrected chi connectivity index (χ2v) is 12.4. The summed E-state index contributed by atoms with van der Waals surface area (Å²) in [4.78, 5) is 24.6. The maximum Gasteiger partial charge on any atom is 0.214 e. The third-order valence-corrected chi connectivity index (χ3v) is 10.2. The van der Waals surface area contributed by atoms with Crippen LogP contribution in [0, 0.1) is 0 Å². The van der Waals surface area contributed by atoms with Crippen molar-refractivity contribution in [3.63, 3.8) is 0 Å². The summed E-state index contributed by atoms with van der Waals surface area (Å²) in [7, 11) is 0. The Morgan fingerprint density at radius 1 is 0.795 bits per heavy atom. The molecule has 2 saturated heterocycles. The molecule has 2 fully saturated rings. The van der Waals surface area contributed by atoms with E-state index in [0.717, 1.165) is 63.7 Å². The highest BCUT2D eigenvalue weighted by Crippen LogP contribution is 2.60. The first kappa shape index (κ1) is 26.0. The number of hydrogen-bond donors (Lipinski definition) is 1. The fraction of sp³-hybridized carbons (Fsp3) is 0.273. The standard InChI is InChI=1S/C33H29N7O3S/c1-2-9-23-22(8-1)35-28(36-23)33(31-38-25-11-4-6-13-27(25)44-31)32(29-34-15-19-42-29,30-37-24-10-3-5-12-26(24)43-30)14-7-16-40(33)39-17-20-41-21-18-39/h1-6,8-13,15,19H,7,14,16-18,20-21H2,(H,35,36). The van der Waals surface area contributed by atoms with Crippen molar-refractivity contribution in [3.05, 3.63) is 108 Å². The third kappa shape index (κ3) is 3.64.